The minimum absolute atomic E-state index is 0.180. The molecule has 14 heavy (non-hydrogen) atoms. The van der Waals surface area contributed by atoms with Crippen molar-refractivity contribution in [2.75, 3.05) is 5.32 Å². The number of pyridine rings is 1. The summed E-state index contributed by atoms with van der Waals surface area (Å²) in [5.74, 6) is -1.53. The monoisotopic (exact) mass is 257 g/mol. The van der Waals surface area contributed by atoms with Crippen molar-refractivity contribution >= 4 is 33.6 Å². The Kier molecular flexibility index (Phi) is 3.19. The summed E-state index contributed by atoms with van der Waals surface area (Å²) in [6.07, 6.45) is 0. The lowest BCUT2D eigenvalue weighted by Crippen LogP contribution is -2.24. The molecule has 0 radical (unpaired) electrons. The Morgan fingerprint density at radius 1 is 1.50 bits per heavy atom. The standard InChI is InChI=1S/C8H7BrN2O3/c1-4(12)10-6-3-2-5(9)7(11-6)8(13)14/h2-3H,1H3,(H,13,14)(H,10,11,12)/p-1. The van der Waals surface area contributed by atoms with Gasteiger partial charge in [-0.2, -0.15) is 0 Å². The maximum atomic E-state index is 10.7. The van der Waals surface area contributed by atoms with E-state index < -0.39 is 5.97 Å². The van der Waals surface area contributed by atoms with Gasteiger partial charge in [-0.25, -0.2) is 4.98 Å². The number of halogens is 1. The van der Waals surface area contributed by atoms with Crippen molar-refractivity contribution in [1.29, 1.82) is 0 Å². The lowest BCUT2D eigenvalue weighted by atomic mass is 10.3. The van der Waals surface area contributed by atoms with Crippen molar-refractivity contribution < 1.29 is 14.7 Å². The van der Waals surface area contributed by atoms with Gasteiger partial charge in [0.05, 0.1) is 5.97 Å². The molecule has 74 valence electrons. The molecule has 1 amide bonds. The molecule has 0 spiro atoms. The van der Waals surface area contributed by atoms with E-state index in [-0.39, 0.29) is 17.4 Å². The first-order valence-corrected chi connectivity index (χ1v) is 4.45. The van der Waals surface area contributed by atoms with Crippen molar-refractivity contribution in [3.63, 3.8) is 0 Å². The van der Waals surface area contributed by atoms with E-state index >= 15 is 0 Å². The van der Waals surface area contributed by atoms with E-state index in [4.69, 9.17) is 0 Å². The van der Waals surface area contributed by atoms with Gasteiger partial charge >= 0.3 is 0 Å². The van der Waals surface area contributed by atoms with Crippen LogP contribution in [-0.4, -0.2) is 16.9 Å². The number of aromatic nitrogens is 1. The molecule has 1 aromatic rings. The van der Waals surface area contributed by atoms with E-state index in [2.05, 4.69) is 26.2 Å². The Balaban J connectivity index is 3.06. The van der Waals surface area contributed by atoms with Crippen LogP contribution < -0.4 is 10.4 Å². The van der Waals surface area contributed by atoms with Gasteiger partial charge in [-0.15, -0.1) is 0 Å². The van der Waals surface area contributed by atoms with Crippen LogP contribution in [0.1, 0.15) is 17.4 Å². The van der Waals surface area contributed by atoms with E-state index in [9.17, 15) is 14.7 Å². The molecular weight excluding hydrogens is 252 g/mol. The lowest BCUT2D eigenvalue weighted by molar-refractivity contribution is -0.255. The molecule has 1 aromatic heterocycles. The first-order valence-electron chi connectivity index (χ1n) is 3.66. The second-order valence-corrected chi connectivity index (χ2v) is 3.35. The molecule has 6 heteroatoms. The van der Waals surface area contributed by atoms with E-state index in [1.807, 2.05) is 0 Å². The Morgan fingerprint density at radius 2 is 2.14 bits per heavy atom. The van der Waals surface area contributed by atoms with Gasteiger partial charge in [0.2, 0.25) is 5.91 Å². The van der Waals surface area contributed by atoms with Crippen molar-refractivity contribution in [3.05, 3.63) is 22.3 Å². The van der Waals surface area contributed by atoms with E-state index in [0.717, 1.165) is 0 Å². The molecule has 1 N–H and O–H groups in total. The minimum atomic E-state index is -1.40. The van der Waals surface area contributed by atoms with E-state index in [1.54, 1.807) is 0 Å². The van der Waals surface area contributed by atoms with Crippen molar-refractivity contribution in [2.24, 2.45) is 0 Å². The third kappa shape index (κ3) is 2.53. The smallest absolute Gasteiger partial charge is 0.222 e. The van der Waals surface area contributed by atoms with Gasteiger partial charge < -0.3 is 15.2 Å². The Labute approximate surface area is 88.3 Å². The molecule has 0 aliphatic rings. The number of nitrogens with zero attached hydrogens (tertiary/aromatic N) is 1. The highest BCUT2D eigenvalue weighted by molar-refractivity contribution is 9.10. The number of amides is 1. The molecule has 0 bridgehead atoms. The number of nitrogens with one attached hydrogen (secondary N) is 1. The summed E-state index contributed by atoms with van der Waals surface area (Å²) in [6.45, 7) is 1.31. The zero-order valence-electron chi connectivity index (χ0n) is 7.20. The van der Waals surface area contributed by atoms with Crippen LogP contribution in [0.4, 0.5) is 5.82 Å². The largest absolute Gasteiger partial charge is 0.543 e. The van der Waals surface area contributed by atoms with Gasteiger partial charge in [0.25, 0.3) is 0 Å². The third-order valence-electron chi connectivity index (χ3n) is 1.34. The number of carbonyl (C=O) groups is 2. The summed E-state index contributed by atoms with van der Waals surface area (Å²) in [4.78, 5) is 24.9. The summed E-state index contributed by atoms with van der Waals surface area (Å²) in [5.41, 5.74) is -0.240. The summed E-state index contributed by atoms with van der Waals surface area (Å²) in [6, 6.07) is 2.96. The number of hydrogen-bond acceptors (Lipinski definition) is 4. The molecule has 1 rings (SSSR count). The van der Waals surface area contributed by atoms with E-state index in [1.165, 1.54) is 19.1 Å². The van der Waals surface area contributed by atoms with Gasteiger partial charge in [0.15, 0.2) is 0 Å². The number of carboxylic acid groups (broad SMARTS) is 1. The van der Waals surface area contributed by atoms with Gasteiger partial charge in [-0.05, 0) is 28.1 Å². The van der Waals surface area contributed by atoms with Crippen LogP contribution in [0.5, 0.6) is 0 Å². The van der Waals surface area contributed by atoms with Crippen LogP contribution in [0.2, 0.25) is 0 Å². The number of carbonyl (C=O) groups excluding carboxylic acids is 2. The molecule has 5 nitrogen and oxygen atoms in total. The molecule has 1 heterocycles. The van der Waals surface area contributed by atoms with E-state index in [0.29, 0.717) is 4.47 Å². The number of rotatable bonds is 2. The zero-order valence-corrected chi connectivity index (χ0v) is 8.79. The van der Waals surface area contributed by atoms with Crippen molar-refractivity contribution in [2.45, 2.75) is 6.92 Å². The van der Waals surface area contributed by atoms with Crippen LogP contribution in [-0.2, 0) is 4.79 Å². The lowest BCUT2D eigenvalue weighted by Gasteiger charge is -2.07. The predicted octanol–water partition coefficient (Wildman–Crippen LogP) is 0.166. The average molecular weight is 258 g/mol. The maximum absolute atomic E-state index is 10.7. The Morgan fingerprint density at radius 3 is 2.64 bits per heavy atom. The topological polar surface area (TPSA) is 82.1 Å². The van der Waals surface area contributed by atoms with Gasteiger partial charge in [-0.3, -0.25) is 4.79 Å². The highest BCUT2D eigenvalue weighted by Gasteiger charge is 2.04. The molecule has 0 aliphatic carbocycles. The molecule has 0 atom stereocenters. The van der Waals surface area contributed by atoms with Gasteiger partial charge in [0.1, 0.15) is 11.5 Å². The van der Waals surface area contributed by atoms with Gasteiger partial charge in [-0.1, -0.05) is 0 Å². The van der Waals surface area contributed by atoms with Crippen molar-refractivity contribution in [1.82, 2.24) is 4.98 Å². The van der Waals surface area contributed by atoms with Crippen molar-refractivity contribution in [3.8, 4) is 0 Å². The molecule has 0 aromatic carbocycles. The first-order chi connectivity index (χ1) is 6.50. The van der Waals surface area contributed by atoms with Crippen LogP contribution >= 0.6 is 15.9 Å². The zero-order chi connectivity index (χ0) is 10.7. The highest BCUT2D eigenvalue weighted by Crippen LogP contribution is 2.16. The number of carboxylic acids is 1. The fourth-order valence-electron chi connectivity index (χ4n) is 0.835. The third-order valence-corrected chi connectivity index (χ3v) is 1.98. The average Bonchev–Trinajstić information content (AvgIpc) is 2.07. The number of hydrogen-bond donors (Lipinski definition) is 1. The SMILES string of the molecule is CC(=O)Nc1ccc(Br)c(C(=O)[O-])n1. The molecule has 0 saturated carbocycles. The number of aromatic carboxylic acids is 1. The van der Waals surface area contributed by atoms with Crippen LogP contribution in [0.15, 0.2) is 16.6 Å². The molecule has 0 aliphatic heterocycles. The predicted molar refractivity (Wildman–Crippen MR) is 50.6 cm³/mol. The summed E-state index contributed by atoms with van der Waals surface area (Å²) < 4.78 is 0.312. The second kappa shape index (κ2) is 4.19. The molecule has 0 unspecified atom stereocenters. The minimum Gasteiger partial charge on any atom is -0.543 e. The van der Waals surface area contributed by atoms with Crippen LogP contribution in [0.3, 0.4) is 0 Å². The normalized spacial score (nSPS) is 9.57. The summed E-state index contributed by atoms with van der Waals surface area (Å²) in [5, 5.41) is 12.9. The van der Waals surface area contributed by atoms with Crippen LogP contribution in [0, 0.1) is 0 Å². The summed E-state index contributed by atoms with van der Waals surface area (Å²) in [7, 11) is 0. The fourth-order valence-corrected chi connectivity index (χ4v) is 1.22. The van der Waals surface area contributed by atoms with Gasteiger partial charge in [0, 0.05) is 11.4 Å². The fraction of sp³-hybridized carbons (Fsp3) is 0.125. The van der Waals surface area contributed by atoms with Crippen LogP contribution in [0.25, 0.3) is 0 Å². The maximum Gasteiger partial charge on any atom is 0.222 e. The molecule has 0 fully saturated rings. The highest BCUT2D eigenvalue weighted by atomic mass is 79.9. The quantitative estimate of drug-likeness (QED) is 0.819. The Hall–Kier alpha value is -1.43. The first kappa shape index (κ1) is 10.6. The number of anilines is 1. The second-order valence-electron chi connectivity index (χ2n) is 2.50. The summed E-state index contributed by atoms with van der Waals surface area (Å²) >= 11 is 3.00. The Bertz CT molecular complexity index is 392. The molecular formula is C8H6BrN2O3-. The molecule has 0 saturated heterocycles.